The van der Waals surface area contributed by atoms with E-state index in [0.717, 1.165) is 18.8 Å². The van der Waals surface area contributed by atoms with Gasteiger partial charge in [-0.3, -0.25) is 4.99 Å². The second kappa shape index (κ2) is 4.75. The van der Waals surface area contributed by atoms with E-state index in [1.54, 1.807) is 0 Å². The summed E-state index contributed by atoms with van der Waals surface area (Å²) in [6.45, 7) is 3.04. The van der Waals surface area contributed by atoms with Gasteiger partial charge in [-0.2, -0.15) is 0 Å². The Balaban J connectivity index is 2.55. The van der Waals surface area contributed by atoms with Gasteiger partial charge in [-0.1, -0.05) is 24.3 Å². The summed E-state index contributed by atoms with van der Waals surface area (Å²) in [5, 5.41) is 3.27. The highest BCUT2D eigenvalue weighted by molar-refractivity contribution is 5.86. The van der Waals surface area contributed by atoms with Crippen LogP contribution in [0.4, 0.5) is 0 Å². The first kappa shape index (κ1) is 9.04. The van der Waals surface area contributed by atoms with Crippen LogP contribution < -0.4 is 5.32 Å². The van der Waals surface area contributed by atoms with Gasteiger partial charge in [0.15, 0.2) is 0 Å². The lowest BCUT2D eigenvalue weighted by molar-refractivity contribution is 0.798. The zero-order chi connectivity index (χ0) is 8.81. The molecule has 0 bridgehead atoms. The van der Waals surface area contributed by atoms with Crippen LogP contribution in [-0.2, 0) is 0 Å². The summed E-state index contributed by atoms with van der Waals surface area (Å²) in [5.41, 5.74) is 0. The number of aliphatic imine (C=N–C) groups is 1. The van der Waals surface area contributed by atoms with Gasteiger partial charge in [0, 0.05) is 19.5 Å². The van der Waals surface area contributed by atoms with E-state index in [-0.39, 0.29) is 0 Å². The summed E-state index contributed by atoms with van der Waals surface area (Å²) in [5.74, 6) is 1.55. The lowest BCUT2D eigenvalue weighted by Crippen LogP contribution is -2.29. The Kier molecular flexibility index (Phi) is 3.58. The molecule has 2 heteroatoms. The highest BCUT2D eigenvalue weighted by Crippen LogP contribution is 2.11. The van der Waals surface area contributed by atoms with Gasteiger partial charge in [-0.05, 0) is 13.3 Å². The van der Waals surface area contributed by atoms with E-state index in [1.807, 2.05) is 7.05 Å². The highest BCUT2D eigenvalue weighted by Gasteiger charge is 2.10. The van der Waals surface area contributed by atoms with Gasteiger partial charge in [0.05, 0.1) is 0 Å². The molecule has 0 heterocycles. The van der Waals surface area contributed by atoms with E-state index in [1.165, 1.54) is 0 Å². The van der Waals surface area contributed by atoms with Crippen molar-refractivity contribution in [1.82, 2.24) is 5.32 Å². The Bertz CT molecular complexity index is 214. The second-order valence-corrected chi connectivity index (χ2v) is 2.79. The standard InChI is InChI=1S/C10H16N2/c1-3-12-10(11-2)9-7-5-4-6-8-9/h4-7,9H,3,8H2,1-2H3,(H,11,12). The Morgan fingerprint density at radius 1 is 1.58 bits per heavy atom. The first-order valence-corrected chi connectivity index (χ1v) is 4.42. The van der Waals surface area contributed by atoms with E-state index in [9.17, 15) is 0 Å². The predicted molar refractivity (Wildman–Crippen MR) is 53.4 cm³/mol. The molecule has 12 heavy (non-hydrogen) atoms. The minimum absolute atomic E-state index is 0.458. The molecule has 0 aromatic rings. The Hall–Kier alpha value is -1.05. The van der Waals surface area contributed by atoms with Gasteiger partial charge in [0.25, 0.3) is 0 Å². The number of nitrogens with zero attached hydrogens (tertiary/aromatic N) is 1. The fourth-order valence-electron chi connectivity index (χ4n) is 1.34. The number of nitrogens with one attached hydrogen (secondary N) is 1. The molecule has 0 radical (unpaired) electrons. The van der Waals surface area contributed by atoms with Gasteiger partial charge < -0.3 is 5.32 Å². The zero-order valence-corrected chi connectivity index (χ0v) is 7.75. The number of hydrogen-bond donors (Lipinski definition) is 1. The number of hydrogen-bond acceptors (Lipinski definition) is 1. The summed E-state index contributed by atoms with van der Waals surface area (Å²) < 4.78 is 0. The van der Waals surface area contributed by atoms with E-state index in [4.69, 9.17) is 0 Å². The van der Waals surface area contributed by atoms with Crippen LogP contribution in [0.3, 0.4) is 0 Å². The molecule has 1 aliphatic rings. The van der Waals surface area contributed by atoms with Crippen LogP contribution in [0.2, 0.25) is 0 Å². The van der Waals surface area contributed by atoms with Crippen molar-refractivity contribution in [3.05, 3.63) is 24.3 Å². The third kappa shape index (κ3) is 2.22. The topological polar surface area (TPSA) is 24.4 Å². The van der Waals surface area contributed by atoms with Crippen molar-refractivity contribution in [2.75, 3.05) is 13.6 Å². The minimum Gasteiger partial charge on any atom is -0.374 e. The van der Waals surface area contributed by atoms with Crippen molar-refractivity contribution >= 4 is 5.84 Å². The van der Waals surface area contributed by atoms with Crippen LogP contribution >= 0.6 is 0 Å². The first-order chi connectivity index (χ1) is 5.88. The van der Waals surface area contributed by atoms with Crippen molar-refractivity contribution < 1.29 is 0 Å². The Labute approximate surface area is 74.1 Å². The fourth-order valence-corrected chi connectivity index (χ4v) is 1.34. The molecule has 1 rings (SSSR count). The lowest BCUT2D eigenvalue weighted by atomic mass is 9.99. The normalized spacial score (nSPS) is 22.8. The van der Waals surface area contributed by atoms with Gasteiger partial charge >= 0.3 is 0 Å². The molecule has 1 aliphatic carbocycles. The van der Waals surface area contributed by atoms with Crippen LogP contribution in [0.15, 0.2) is 29.3 Å². The summed E-state index contributed by atoms with van der Waals surface area (Å²) in [7, 11) is 1.84. The van der Waals surface area contributed by atoms with E-state index in [0.29, 0.717) is 5.92 Å². The Morgan fingerprint density at radius 3 is 2.92 bits per heavy atom. The summed E-state index contributed by atoms with van der Waals surface area (Å²) in [6, 6.07) is 0. The molecule has 0 saturated carbocycles. The fraction of sp³-hybridized carbons (Fsp3) is 0.500. The first-order valence-electron chi connectivity index (χ1n) is 4.42. The average Bonchev–Trinajstić information content (AvgIpc) is 2.15. The molecule has 0 fully saturated rings. The van der Waals surface area contributed by atoms with Crippen LogP contribution in [0.1, 0.15) is 13.3 Å². The van der Waals surface area contributed by atoms with Gasteiger partial charge in [0.1, 0.15) is 5.84 Å². The molecule has 2 nitrogen and oxygen atoms in total. The molecule has 0 aromatic carbocycles. The van der Waals surface area contributed by atoms with Crippen LogP contribution in [0.25, 0.3) is 0 Å². The predicted octanol–water partition coefficient (Wildman–Crippen LogP) is 1.76. The number of allylic oxidation sites excluding steroid dienone is 3. The van der Waals surface area contributed by atoms with Crippen LogP contribution in [0, 0.1) is 5.92 Å². The second-order valence-electron chi connectivity index (χ2n) is 2.79. The number of amidine groups is 1. The maximum Gasteiger partial charge on any atom is 0.103 e. The molecule has 1 N–H and O–H groups in total. The smallest absolute Gasteiger partial charge is 0.103 e. The quantitative estimate of drug-likeness (QED) is 0.488. The van der Waals surface area contributed by atoms with E-state index in [2.05, 4.69) is 41.5 Å². The average molecular weight is 164 g/mol. The molecular weight excluding hydrogens is 148 g/mol. The molecule has 0 aliphatic heterocycles. The van der Waals surface area contributed by atoms with Gasteiger partial charge in [-0.25, -0.2) is 0 Å². The third-order valence-electron chi connectivity index (χ3n) is 1.93. The maximum absolute atomic E-state index is 4.22. The van der Waals surface area contributed by atoms with Crippen molar-refractivity contribution in [2.24, 2.45) is 10.9 Å². The monoisotopic (exact) mass is 164 g/mol. The molecule has 66 valence electrons. The molecular formula is C10H16N2. The SMILES string of the molecule is CCNC(=NC)C1C=CC=CC1. The molecule has 0 amide bonds. The van der Waals surface area contributed by atoms with E-state index < -0.39 is 0 Å². The van der Waals surface area contributed by atoms with Crippen molar-refractivity contribution in [3.63, 3.8) is 0 Å². The van der Waals surface area contributed by atoms with Crippen molar-refractivity contribution in [3.8, 4) is 0 Å². The van der Waals surface area contributed by atoms with Crippen LogP contribution in [-0.4, -0.2) is 19.4 Å². The Morgan fingerprint density at radius 2 is 2.42 bits per heavy atom. The van der Waals surface area contributed by atoms with Crippen LogP contribution in [0.5, 0.6) is 0 Å². The molecule has 1 atom stereocenters. The summed E-state index contributed by atoms with van der Waals surface area (Å²) in [6.07, 6.45) is 9.58. The van der Waals surface area contributed by atoms with Crippen molar-refractivity contribution in [2.45, 2.75) is 13.3 Å². The third-order valence-corrected chi connectivity index (χ3v) is 1.93. The van der Waals surface area contributed by atoms with E-state index >= 15 is 0 Å². The molecule has 1 unspecified atom stereocenters. The maximum atomic E-state index is 4.22. The minimum atomic E-state index is 0.458. The highest BCUT2D eigenvalue weighted by atomic mass is 15.0. The number of rotatable bonds is 2. The van der Waals surface area contributed by atoms with Crippen molar-refractivity contribution in [1.29, 1.82) is 0 Å². The summed E-state index contributed by atoms with van der Waals surface area (Å²) >= 11 is 0. The lowest BCUT2D eigenvalue weighted by Gasteiger charge is -2.16. The zero-order valence-electron chi connectivity index (χ0n) is 7.75. The molecule has 0 spiro atoms. The van der Waals surface area contributed by atoms with Gasteiger partial charge in [-0.15, -0.1) is 0 Å². The molecule has 0 saturated heterocycles. The summed E-state index contributed by atoms with van der Waals surface area (Å²) in [4.78, 5) is 4.22. The largest absolute Gasteiger partial charge is 0.374 e. The molecule has 0 aromatic heterocycles. The van der Waals surface area contributed by atoms with Gasteiger partial charge in [0.2, 0.25) is 0 Å².